The molecule has 3 aromatic rings. The number of nitriles is 1. The van der Waals surface area contributed by atoms with Crippen molar-refractivity contribution < 1.29 is 17.5 Å². The van der Waals surface area contributed by atoms with Crippen molar-refractivity contribution in [2.24, 2.45) is 21.1 Å². The second-order valence-electron chi connectivity index (χ2n) is 6.16. The predicted octanol–water partition coefficient (Wildman–Crippen LogP) is -0.714. The Morgan fingerprint density at radius 1 is 1.14 bits per heavy atom. The Morgan fingerprint density at radius 3 is 2.21 bits per heavy atom. The highest BCUT2D eigenvalue weighted by molar-refractivity contribution is 7.85. The number of aromatic nitrogens is 4. The van der Waals surface area contributed by atoms with Gasteiger partial charge in [0.15, 0.2) is 12.9 Å². The molecule has 0 fully saturated rings. The summed E-state index contributed by atoms with van der Waals surface area (Å²) >= 11 is 0. The van der Waals surface area contributed by atoms with E-state index in [0.29, 0.717) is 11.2 Å². The van der Waals surface area contributed by atoms with Crippen molar-refractivity contribution in [3.63, 3.8) is 0 Å². The van der Waals surface area contributed by atoms with Crippen molar-refractivity contribution in [3.05, 3.63) is 57.0 Å². The first kappa shape index (κ1) is 21.1. The van der Waals surface area contributed by atoms with Gasteiger partial charge in [0.05, 0.1) is 19.0 Å². The molecule has 10 nitrogen and oxygen atoms in total. The summed E-state index contributed by atoms with van der Waals surface area (Å²) in [4.78, 5) is 23.6. The quantitative estimate of drug-likeness (QED) is 0.408. The van der Waals surface area contributed by atoms with Gasteiger partial charge in [-0.3, -0.25) is 4.79 Å². The Bertz CT molecular complexity index is 1290. The van der Waals surface area contributed by atoms with Gasteiger partial charge in [-0.1, -0.05) is 17.7 Å². The minimum Gasteiger partial charge on any atom is -0.744 e. The first-order valence-electron chi connectivity index (χ1n) is 8.03. The number of benzene rings is 1. The van der Waals surface area contributed by atoms with Gasteiger partial charge in [-0.2, -0.15) is 5.26 Å². The smallest absolute Gasteiger partial charge is 0.388 e. The minimum absolute atomic E-state index is 0.0742. The van der Waals surface area contributed by atoms with Gasteiger partial charge in [0.2, 0.25) is 5.52 Å². The average molecular weight is 405 g/mol. The van der Waals surface area contributed by atoms with Crippen LogP contribution in [0.4, 0.5) is 0 Å². The molecule has 0 aliphatic heterocycles. The van der Waals surface area contributed by atoms with E-state index in [1.807, 2.05) is 13.0 Å². The molecule has 148 valence electrons. The molecule has 0 bridgehead atoms. The summed E-state index contributed by atoms with van der Waals surface area (Å²) < 4.78 is 36.8. The highest BCUT2D eigenvalue weighted by atomic mass is 32.2. The van der Waals surface area contributed by atoms with Crippen LogP contribution in [0.1, 0.15) is 5.56 Å². The molecule has 0 spiro atoms. The van der Waals surface area contributed by atoms with Crippen molar-refractivity contribution in [1.82, 2.24) is 13.7 Å². The molecule has 2 aromatic heterocycles. The van der Waals surface area contributed by atoms with E-state index in [1.54, 1.807) is 37.1 Å². The predicted molar refractivity (Wildman–Crippen MR) is 98.4 cm³/mol. The Kier molecular flexibility index (Phi) is 5.86. The zero-order chi connectivity index (χ0) is 21.2. The number of hydrogen-bond acceptors (Lipinski definition) is 6. The molecule has 0 N–H and O–H groups in total. The molecule has 0 saturated heterocycles. The van der Waals surface area contributed by atoms with Gasteiger partial charge in [-0.05, 0) is 19.1 Å². The van der Waals surface area contributed by atoms with Gasteiger partial charge in [0, 0.05) is 7.05 Å². The van der Waals surface area contributed by atoms with Gasteiger partial charge < -0.3 is 4.55 Å². The molecule has 1 aromatic carbocycles. The van der Waals surface area contributed by atoms with Crippen molar-refractivity contribution in [2.45, 2.75) is 18.4 Å². The van der Waals surface area contributed by atoms with Crippen molar-refractivity contribution in [3.8, 4) is 6.07 Å². The van der Waals surface area contributed by atoms with Crippen LogP contribution in [0.2, 0.25) is 0 Å². The van der Waals surface area contributed by atoms with E-state index in [9.17, 15) is 22.6 Å². The lowest BCUT2D eigenvalue weighted by Gasteiger charge is -2.05. The number of fused-ring (bicyclic) bond motifs is 1. The van der Waals surface area contributed by atoms with Crippen LogP contribution >= 0.6 is 0 Å². The fourth-order valence-corrected chi connectivity index (χ4v) is 3.16. The van der Waals surface area contributed by atoms with Crippen molar-refractivity contribution >= 4 is 21.3 Å². The first-order chi connectivity index (χ1) is 13.0. The maximum absolute atomic E-state index is 12.0. The lowest BCUT2D eigenvalue weighted by Crippen LogP contribution is -2.41. The molecule has 2 heterocycles. The molecular weight excluding hydrogens is 386 g/mol. The highest BCUT2D eigenvalue weighted by Gasteiger charge is 2.22. The fraction of sp³-hybridized carbons (Fsp3) is 0.294. The Balaban J connectivity index is 0.000000221. The molecule has 0 amide bonds. The summed E-state index contributed by atoms with van der Waals surface area (Å²) in [6.07, 6.45) is 1.63. The van der Waals surface area contributed by atoms with Crippen LogP contribution < -0.4 is 15.8 Å². The summed E-state index contributed by atoms with van der Waals surface area (Å²) in [5, 5.41) is 8.72. The van der Waals surface area contributed by atoms with Crippen molar-refractivity contribution in [2.75, 3.05) is 0 Å². The second-order valence-corrected chi connectivity index (χ2v) is 7.54. The summed E-state index contributed by atoms with van der Waals surface area (Å²) in [6, 6.07) is 7.77. The fourth-order valence-electron chi connectivity index (χ4n) is 2.69. The second kappa shape index (κ2) is 7.79. The van der Waals surface area contributed by atoms with Crippen molar-refractivity contribution in [1.29, 1.82) is 5.26 Å². The molecule has 0 atom stereocenters. The van der Waals surface area contributed by atoms with Crippen LogP contribution in [0.25, 0.3) is 11.2 Å². The lowest BCUT2D eigenvalue weighted by atomic mass is 10.2. The van der Waals surface area contributed by atoms with Crippen LogP contribution in [0, 0.1) is 18.3 Å². The number of aryl methyl sites for hydroxylation is 3. The van der Waals surface area contributed by atoms with Gasteiger partial charge in [-0.15, -0.1) is 0 Å². The van der Waals surface area contributed by atoms with Gasteiger partial charge in [0.1, 0.15) is 16.2 Å². The van der Waals surface area contributed by atoms with Gasteiger partial charge in [0.25, 0.3) is 5.65 Å². The molecule has 11 heteroatoms. The standard InChI is InChI=1S/C10H12N5O2.C7H8O3S/c1-12-6-15(5-4-11)7-8(12)13(2)10(17)14(3)9(7)16;1-6-2-4-7(5-3-6)11(8,9)10/h6H,5H2,1-3H3;2-5H,1H3,(H,8,9,10)/q+1;/p-1. The van der Waals surface area contributed by atoms with E-state index in [0.717, 1.165) is 10.1 Å². The maximum atomic E-state index is 12.0. The van der Waals surface area contributed by atoms with Crippen LogP contribution in [0.15, 0.2) is 45.1 Å². The lowest BCUT2D eigenvalue weighted by molar-refractivity contribution is -0.648. The van der Waals surface area contributed by atoms with Gasteiger partial charge >= 0.3 is 11.2 Å². The topological polar surface area (TPSA) is 134 Å². The Morgan fingerprint density at radius 2 is 1.71 bits per heavy atom. The first-order valence-corrected chi connectivity index (χ1v) is 9.44. The molecule has 0 aliphatic carbocycles. The van der Waals surface area contributed by atoms with E-state index in [4.69, 9.17) is 5.26 Å². The molecule has 0 radical (unpaired) electrons. The summed E-state index contributed by atoms with van der Waals surface area (Å²) in [7, 11) is 0.484. The number of imidazole rings is 1. The number of nitrogens with zero attached hydrogens (tertiary/aromatic N) is 5. The monoisotopic (exact) mass is 405 g/mol. The third-order valence-corrected chi connectivity index (χ3v) is 4.94. The third-order valence-electron chi connectivity index (χ3n) is 4.10. The zero-order valence-electron chi connectivity index (χ0n) is 15.8. The Labute approximate surface area is 160 Å². The molecule has 0 aliphatic rings. The SMILES string of the molecule is Cc1ccc(S(=O)(=O)[O-])cc1.Cn1c(=O)c2c(n(C)c1=O)[n+](C)cn2CC#N. The van der Waals surface area contributed by atoms with Crippen LogP contribution in [0.5, 0.6) is 0 Å². The highest BCUT2D eigenvalue weighted by Crippen LogP contribution is 2.08. The van der Waals surface area contributed by atoms with Crippen LogP contribution in [-0.4, -0.2) is 26.7 Å². The maximum Gasteiger partial charge on any atom is 0.388 e. The minimum atomic E-state index is -4.27. The van der Waals surface area contributed by atoms with E-state index in [-0.39, 0.29) is 22.7 Å². The zero-order valence-corrected chi connectivity index (χ0v) is 16.6. The summed E-state index contributed by atoms with van der Waals surface area (Å²) in [5.74, 6) is 0. The van der Waals surface area contributed by atoms with E-state index >= 15 is 0 Å². The summed E-state index contributed by atoms with van der Waals surface area (Å²) in [6.45, 7) is 1.89. The molecule has 28 heavy (non-hydrogen) atoms. The van der Waals surface area contributed by atoms with E-state index < -0.39 is 10.1 Å². The van der Waals surface area contributed by atoms with E-state index in [2.05, 4.69) is 0 Å². The van der Waals surface area contributed by atoms with Crippen LogP contribution in [-0.2, 0) is 37.8 Å². The van der Waals surface area contributed by atoms with Gasteiger partial charge in [-0.25, -0.2) is 31.5 Å². The molecule has 3 rings (SSSR count). The van der Waals surface area contributed by atoms with E-state index in [1.165, 1.54) is 28.3 Å². The molecular formula is C17H19N5O5S. The largest absolute Gasteiger partial charge is 0.744 e. The third kappa shape index (κ3) is 4.03. The Hall–Kier alpha value is -3.23. The average Bonchev–Trinajstić information content (AvgIpc) is 2.95. The summed E-state index contributed by atoms with van der Waals surface area (Å²) in [5.41, 5.74) is 1.02. The molecule has 0 unspecified atom stereocenters. The number of hydrogen-bond donors (Lipinski definition) is 0. The normalized spacial score (nSPS) is 11.0. The van der Waals surface area contributed by atoms with Crippen LogP contribution in [0.3, 0.4) is 0 Å². The number of rotatable bonds is 2. The molecule has 0 saturated carbocycles.